The van der Waals surface area contributed by atoms with Gasteiger partial charge < -0.3 is 4.90 Å². The first-order valence-corrected chi connectivity index (χ1v) is 12.5. The van der Waals surface area contributed by atoms with Gasteiger partial charge in [-0.3, -0.25) is 4.79 Å². The number of benzene rings is 2. The van der Waals surface area contributed by atoms with Crippen molar-refractivity contribution in [1.29, 1.82) is 0 Å². The van der Waals surface area contributed by atoms with Crippen LogP contribution in [-0.2, 0) is 27.8 Å². The van der Waals surface area contributed by atoms with Crippen LogP contribution in [0.4, 0.5) is 0 Å². The van der Waals surface area contributed by atoms with Gasteiger partial charge in [0.1, 0.15) is 0 Å². The van der Waals surface area contributed by atoms with Crippen molar-refractivity contribution in [3.05, 3.63) is 70.2 Å². The number of sulfonamides is 1. The maximum absolute atomic E-state index is 12.8. The molecular formula is C22H27BrN2O3S. The van der Waals surface area contributed by atoms with Gasteiger partial charge in [-0.05, 0) is 48.4 Å². The second-order valence-corrected chi connectivity index (χ2v) is 10.6. The van der Waals surface area contributed by atoms with Crippen LogP contribution >= 0.6 is 15.9 Å². The van der Waals surface area contributed by atoms with E-state index in [1.54, 1.807) is 4.90 Å². The lowest BCUT2D eigenvalue weighted by Gasteiger charge is -2.33. The van der Waals surface area contributed by atoms with Crippen molar-refractivity contribution in [1.82, 2.24) is 9.21 Å². The molecule has 1 heterocycles. The smallest absolute Gasteiger partial charge is 0.237 e. The fourth-order valence-electron chi connectivity index (χ4n) is 3.67. The third-order valence-electron chi connectivity index (χ3n) is 5.39. The molecule has 0 atom stereocenters. The molecule has 1 amide bonds. The van der Waals surface area contributed by atoms with Crippen molar-refractivity contribution in [2.75, 3.05) is 25.9 Å². The Labute approximate surface area is 181 Å². The fourth-order valence-corrected chi connectivity index (χ4v) is 4.66. The van der Waals surface area contributed by atoms with E-state index >= 15 is 0 Å². The van der Waals surface area contributed by atoms with Gasteiger partial charge in [0.15, 0.2) is 0 Å². The molecular weight excluding hydrogens is 452 g/mol. The topological polar surface area (TPSA) is 57.7 Å². The first-order chi connectivity index (χ1) is 13.8. The van der Waals surface area contributed by atoms with Crippen LogP contribution in [0, 0.1) is 5.92 Å². The van der Waals surface area contributed by atoms with Crippen molar-refractivity contribution < 1.29 is 13.2 Å². The van der Waals surface area contributed by atoms with Crippen molar-refractivity contribution in [2.45, 2.75) is 25.8 Å². The summed E-state index contributed by atoms with van der Waals surface area (Å²) in [4.78, 5) is 14.6. The number of amides is 1. The lowest BCUT2D eigenvalue weighted by atomic mass is 9.90. The number of rotatable bonds is 7. The summed E-state index contributed by atoms with van der Waals surface area (Å²) in [7, 11) is -3.48. The average Bonchev–Trinajstić information content (AvgIpc) is 2.69. The van der Waals surface area contributed by atoms with E-state index in [2.05, 4.69) is 40.2 Å². The highest BCUT2D eigenvalue weighted by Gasteiger charge is 2.27. The number of hydrogen-bond donors (Lipinski definition) is 0. The summed E-state index contributed by atoms with van der Waals surface area (Å²) in [6, 6.07) is 17.9. The summed E-state index contributed by atoms with van der Waals surface area (Å²) in [5.41, 5.74) is 2.18. The van der Waals surface area contributed by atoms with Crippen LogP contribution in [0.5, 0.6) is 0 Å². The minimum Gasteiger partial charge on any atom is -0.342 e. The second kappa shape index (κ2) is 9.87. The van der Waals surface area contributed by atoms with E-state index in [1.165, 1.54) is 9.87 Å². The highest BCUT2D eigenvalue weighted by Crippen LogP contribution is 2.22. The molecule has 0 spiro atoms. The average molecular weight is 479 g/mol. The Morgan fingerprint density at radius 1 is 1.03 bits per heavy atom. The molecule has 3 rings (SSSR count). The predicted octanol–water partition coefficient (Wildman–Crippen LogP) is 3.69. The summed E-state index contributed by atoms with van der Waals surface area (Å²) in [6.07, 6.45) is 4.09. The van der Waals surface area contributed by atoms with Gasteiger partial charge in [-0.1, -0.05) is 58.4 Å². The van der Waals surface area contributed by atoms with Crippen LogP contribution in [-0.4, -0.2) is 49.4 Å². The molecule has 2 aromatic carbocycles. The van der Waals surface area contributed by atoms with E-state index in [0.717, 1.165) is 35.6 Å². The summed E-state index contributed by atoms with van der Waals surface area (Å²) in [5, 5.41) is 0. The van der Waals surface area contributed by atoms with Crippen LogP contribution in [0.3, 0.4) is 0 Å². The zero-order valence-electron chi connectivity index (χ0n) is 16.6. The Kier molecular flexibility index (Phi) is 7.49. The highest BCUT2D eigenvalue weighted by molar-refractivity contribution is 9.10. The summed E-state index contributed by atoms with van der Waals surface area (Å²) in [6.45, 7) is 1.46. The molecule has 0 aliphatic carbocycles. The van der Waals surface area contributed by atoms with Gasteiger partial charge in [0.05, 0.1) is 12.8 Å². The molecule has 0 unspecified atom stereocenters. The second-order valence-electron chi connectivity index (χ2n) is 7.67. The zero-order valence-corrected chi connectivity index (χ0v) is 19.0. The van der Waals surface area contributed by atoms with E-state index in [1.807, 2.05) is 30.3 Å². The van der Waals surface area contributed by atoms with Crippen LogP contribution < -0.4 is 0 Å². The minimum atomic E-state index is -3.48. The number of halogens is 1. The van der Waals surface area contributed by atoms with Gasteiger partial charge in [-0.25, -0.2) is 8.42 Å². The Morgan fingerprint density at radius 2 is 1.66 bits per heavy atom. The fraction of sp³-hybridized carbons (Fsp3) is 0.409. The summed E-state index contributed by atoms with van der Waals surface area (Å²) in [5.74, 6) is 0.445. The number of nitrogens with zero attached hydrogens (tertiary/aromatic N) is 2. The van der Waals surface area contributed by atoms with Gasteiger partial charge in [-0.15, -0.1) is 0 Å². The molecule has 1 aliphatic heterocycles. The van der Waals surface area contributed by atoms with Crippen molar-refractivity contribution in [2.24, 2.45) is 5.92 Å². The molecule has 0 radical (unpaired) electrons. The normalized spacial score (nSPS) is 15.6. The predicted molar refractivity (Wildman–Crippen MR) is 119 cm³/mol. The monoisotopic (exact) mass is 478 g/mol. The lowest BCUT2D eigenvalue weighted by Crippen LogP contribution is -2.45. The van der Waals surface area contributed by atoms with E-state index in [-0.39, 0.29) is 19.0 Å². The molecule has 156 valence electrons. The molecule has 0 N–H and O–H groups in total. The lowest BCUT2D eigenvalue weighted by molar-refractivity contribution is -0.132. The molecule has 1 fully saturated rings. The Bertz CT molecular complexity index is 909. The van der Waals surface area contributed by atoms with E-state index in [9.17, 15) is 13.2 Å². The number of piperidine rings is 1. The molecule has 0 bridgehead atoms. The number of carbonyl (C=O) groups is 1. The van der Waals surface area contributed by atoms with Crippen molar-refractivity contribution in [3.63, 3.8) is 0 Å². The van der Waals surface area contributed by atoms with Gasteiger partial charge in [-0.2, -0.15) is 4.31 Å². The van der Waals surface area contributed by atoms with Gasteiger partial charge in [0.25, 0.3) is 0 Å². The Morgan fingerprint density at radius 3 is 2.24 bits per heavy atom. The first-order valence-electron chi connectivity index (χ1n) is 9.82. The van der Waals surface area contributed by atoms with E-state index < -0.39 is 10.0 Å². The van der Waals surface area contributed by atoms with Crippen molar-refractivity contribution in [3.8, 4) is 0 Å². The van der Waals surface area contributed by atoms with Crippen LogP contribution in [0.15, 0.2) is 59.1 Å². The SMILES string of the molecule is CS(=O)(=O)N(CC(=O)N1CCC(Cc2ccccc2)CC1)Cc1ccc(Br)cc1. The van der Waals surface area contributed by atoms with Gasteiger partial charge >= 0.3 is 0 Å². The molecule has 0 saturated carbocycles. The van der Waals surface area contributed by atoms with E-state index in [4.69, 9.17) is 0 Å². The number of likely N-dealkylation sites (tertiary alicyclic amines) is 1. The van der Waals surface area contributed by atoms with Gasteiger partial charge in [0.2, 0.25) is 15.9 Å². The maximum Gasteiger partial charge on any atom is 0.237 e. The standard InChI is InChI=1S/C22H27BrN2O3S/c1-29(27,28)25(16-20-7-9-21(23)10-8-20)17-22(26)24-13-11-19(12-14-24)15-18-5-3-2-4-6-18/h2-10,19H,11-17H2,1H3. The Balaban J connectivity index is 1.55. The summed E-state index contributed by atoms with van der Waals surface area (Å²) < 4.78 is 26.6. The highest BCUT2D eigenvalue weighted by atomic mass is 79.9. The first kappa shape index (κ1) is 22.0. The quantitative estimate of drug-likeness (QED) is 0.609. The molecule has 2 aromatic rings. The molecule has 0 aromatic heterocycles. The van der Waals surface area contributed by atoms with Crippen LogP contribution in [0.1, 0.15) is 24.0 Å². The number of carbonyl (C=O) groups excluding carboxylic acids is 1. The molecule has 1 saturated heterocycles. The van der Waals surface area contributed by atoms with Crippen molar-refractivity contribution >= 4 is 31.9 Å². The molecule has 5 nitrogen and oxygen atoms in total. The zero-order chi connectivity index (χ0) is 20.9. The molecule has 29 heavy (non-hydrogen) atoms. The van der Waals surface area contributed by atoms with Crippen LogP contribution in [0.2, 0.25) is 0 Å². The summed E-state index contributed by atoms with van der Waals surface area (Å²) >= 11 is 3.38. The van der Waals surface area contributed by atoms with E-state index in [0.29, 0.717) is 19.0 Å². The minimum absolute atomic E-state index is 0.113. The van der Waals surface area contributed by atoms with Crippen LogP contribution in [0.25, 0.3) is 0 Å². The third kappa shape index (κ3) is 6.66. The Hall–Kier alpha value is -1.70. The number of hydrogen-bond acceptors (Lipinski definition) is 3. The molecule has 7 heteroatoms. The maximum atomic E-state index is 12.8. The largest absolute Gasteiger partial charge is 0.342 e. The van der Waals surface area contributed by atoms with Gasteiger partial charge in [0, 0.05) is 24.1 Å². The third-order valence-corrected chi connectivity index (χ3v) is 7.11. The molecule has 1 aliphatic rings.